The van der Waals surface area contributed by atoms with Crippen LogP contribution < -0.4 is 11.0 Å². The molecule has 1 N–H and O–H groups in total. The van der Waals surface area contributed by atoms with Gasteiger partial charge in [-0.05, 0) is 33.7 Å². The van der Waals surface area contributed by atoms with E-state index in [9.17, 15) is 9.59 Å². The minimum absolute atomic E-state index is 0.151. The van der Waals surface area contributed by atoms with E-state index in [1.165, 1.54) is 11.7 Å². The van der Waals surface area contributed by atoms with Crippen molar-refractivity contribution in [2.24, 2.45) is 12.1 Å². The van der Waals surface area contributed by atoms with E-state index >= 15 is 0 Å². The highest BCUT2D eigenvalue weighted by Crippen LogP contribution is 2.27. The molecule has 5 rings (SSSR count). The summed E-state index contributed by atoms with van der Waals surface area (Å²) in [7, 11) is 1.52. The summed E-state index contributed by atoms with van der Waals surface area (Å²) in [6, 6.07) is 25.2. The number of benzene rings is 4. The molecule has 0 fully saturated rings. The van der Waals surface area contributed by atoms with Crippen molar-refractivity contribution < 1.29 is 4.79 Å². The summed E-state index contributed by atoms with van der Waals surface area (Å²) in [5.41, 5.74) is 3.39. The molecule has 0 radical (unpaired) electrons. The fourth-order valence-electron chi connectivity index (χ4n) is 3.86. The van der Waals surface area contributed by atoms with Gasteiger partial charge in [0.2, 0.25) is 0 Å². The molecule has 0 aliphatic rings. The molecule has 31 heavy (non-hydrogen) atoms. The van der Waals surface area contributed by atoms with E-state index in [-0.39, 0.29) is 11.3 Å². The predicted molar refractivity (Wildman–Crippen MR) is 123 cm³/mol. The van der Waals surface area contributed by atoms with E-state index in [2.05, 4.69) is 33.8 Å². The van der Waals surface area contributed by atoms with Crippen LogP contribution in [0, 0.1) is 0 Å². The Bertz CT molecular complexity index is 1510. The molecule has 0 saturated heterocycles. The van der Waals surface area contributed by atoms with E-state index in [0.717, 1.165) is 27.1 Å². The summed E-state index contributed by atoms with van der Waals surface area (Å²) >= 11 is 0. The van der Waals surface area contributed by atoms with Crippen LogP contribution in [0.25, 0.3) is 32.3 Å². The van der Waals surface area contributed by atoms with Crippen LogP contribution in [0.3, 0.4) is 0 Å². The number of hydrazone groups is 1. The number of nitrogens with zero attached hydrogens (tertiary/aromatic N) is 3. The second-order valence-corrected chi connectivity index (χ2v) is 7.25. The van der Waals surface area contributed by atoms with Crippen LogP contribution in [0.1, 0.15) is 16.1 Å². The molecule has 0 spiro atoms. The van der Waals surface area contributed by atoms with Crippen molar-refractivity contribution in [3.63, 3.8) is 0 Å². The first kappa shape index (κ1) is 18.7. The highest BCUT2D eigenvalue weighted by atomic mass is 16.2. The van der Waals surface area contributed by atoms with E-state index < -0.39 is 5.91 Å². The minimum atomic E-state index is -0.479. The summed E-state index contributed by atoms with van der Waals surface area (Å²) in [5, 5.41) is 13.6. The topological polar surface area (TPSA) is 76.3 Å². The Morgan fingerprint density at radius 3 is 2.06 bits per heavy atom. The van der Waals surface area contributed by atoms with Gasteiger partial charge in [-0.1, -0.05) is 66.7 Å². The van der Waals surface area contributed by atoms with Crippen molar-refractivity contribution in [1.29, 1.82) is 0 Å². The molecule has 4 aromatic carbocycles. The zero-order valence-electron chi connectivity index (χ0n) is 16.7. The first-order valence-electron chi connectivity index (χ1n) is 9.83. The lowest BCUT2D eigenvalue weighted by atomic mass is 9.97. The molecule has 6 nitrogen and oxygen atoms in total. The summed E-state index contributed by atoms with van der Waals surface area (Å²) in [6.45, 7) is 0. The molecule has 0 bridgehead atoms. The number of aryl methyl sites for hydroxylation is 1. The Kier molecular flexibility index (Phi) is 4.52. The number of carbonyl (C=O) groups is 1. The third-order valence-corrected chi connectivity index (χ3v) is 5.34. The Labute approximate surface area is 177 Å². The number of rotatable bonds is 3. The van der Waals surface area contributed by atoms with Gasteiger partial charge in [-0.2, -0.15) is 10.2 Å². The number of fused-ring (bicyclic) bond motifs is 3. The van der Waals surface area contributed by atoms with E-state index in [0.29, 0.717) is 10.8 Å². The minimum Gasteiger partial charge on any atom is -0.267 e. The normalized spacial score (nSPS) is 11.5. The van der Waals surface area contributed by atoms with Crippen LogP contribution in [-0.4, -0.2) is 21.9 Å². The quantitative estimate of drug-likeness (QED) is 0.279. The fraction of sp³-hybridized carbons (Fsp3) is 0.0400. The molecule has 0 saturated carbocycles. The van der Waals surface area contributed by atoms with Crippen LogP contribution in [0.2, 0.25) is 0 Å². The lowest BCUT2D eigenvalue weighted by Crippen LogP contribution is -2.27. The van der Waals surface area contributed by atoms with Gasteiger partial charge in [0.25, 0.3) is 11.5 Å². The van der Waals surface area contributed by atoms with Crippen molar-refractivity contribution in [2.75, 3.05) is 0 Å². The average molecular weight is 406 g/mol. The van der Waals surface area contributed by atoms with Gasteiger partial charge in [0.1, 0.15) is 0 Å². The van der Waals surface area contributed by atoms with Crippen LogP contribution in [0.5, 0.6) is 0 Å². The fourth-order valence-corrected chi connectivity index (χ4v) is 3.86. The van der Waals surface area contributed by atoms with Crippen molar-refractivity contribution in [3.05, 3.63) is 100 Å². The lowest BCUT2D eigenvalue weighted by molar-refractivity contribution is 0.0950. The van der Waals surface area contributed by atoms with Gasteiger partial charge in [0.15, 0.2) is 5.69 Å². The smallest absolute Gasteiger partial charge is 0.267 e. The number of amides is 1. The molecule has 0 atom stereocenters. The molecule has 1 heterocycles. The highest BCUT2D eigenvalue weighted by Gasteiger charge is 2.15. The predicted octanol–water partition coefficient (Wildman–Crippen LogP) is 4.00. The standard InChI is InChI=1S/C25H18N4O2/c1-29-25(31)21-13-7-6-12-20(21)23(28-29)24(30)27-26-15-22-18-10-4-2-8-16(18)14-17-9-3-5-11-19(17)22/h2-15H,1H3,(H,27,30). The molecular weight excluding hydrogens is 388 g/mol. The first-order valence-corrected chi connectivity index (χ1v) is 9.83. The Morgan fingerprint density at radius 1 is 0.871 bits per heavy atom. The Hall–Kier alpha value is -4.32. The number of aromatic nitrogens is 2. The van der Waals surface area contributed by atoms with E-state index in [4.69, 9.17) is 0 Å². The van der Waals surface area contributed by atoms with Gasteiger partial charge in [0, 0.05) is 18.0 Å². The molecule has 0 aliphatic heterocycles. The average Bonchev–Trinajstić information content (AvgIpc) is 2.81. The molecule has 150 valence electrons. The molecule has 5 aromatic rings. The number of carbonyl (C=O) groups excluding carboxylic acids is 1. The summed E-state index contributed by atoms with van der Waals surface area (Å²) in [4.78, 5) is 25.1. The van der Waals surface area contributed by atoms with Gasteiger partial charge < -0.3 is 0 Å². The van der Waals surface area contributed by atoms with Gasteiger partial charge >= 0.3 is 0 Å². The molecule has 0 unspecified atom stereocenters. The van der Waals surface area contributed by atoms with Crippen molar-refractivity contribution in [1.82, 2.24) is 15.2 Å². The van der Waals surface area contributed by atoms with E-state index in [1.807, 2.05) is 36.4 Å². The third kappa shape index (κ3) is 3.24. The van der Waals surface area contributed by atoms with Gasteiger partial charge in [-0.3, -0.25) is 9.59 Å². The van der Waals surface area contributed by atoms with Crippen LogP contribution >= 0.6 is 0 Å². The van der Waals surface area contributed by atoms with Gasteiger partial charge in [-0.25, -0.2) is 10.1 Å². The summed E-state index contributed by atoms with van der Waals surface area (Å²) in [6.07, 6.45) is 1.66. The Morgan fingerprint density at radius 2 is 1.42 bits per heavy atom. The SMILES string of the molecule is Cn1nc(C(=O)NN=Cc2c3ccccc3cc3ccccc23)c2ccccc2c1=O. The molecule has 0 aliphatic carbocycles. The van der Waals surface area contributed by atoms with Crippen molar-refractivity contribution in [2.45, 2.75) is 0 Å². The third-order valence-electron chi connectivity index (χ3n) is 5.34. The van der Waals surface area contributed by atoms with Gasteiger partial charge in [0.05, 0.1) is 11.6 Å². The molecule has 1 aromatic heterocycles. The van der Waals surface area contributed by atoms with Crippen LogP contribution in [0.15, 0.2) is 88.8 Å². The Balaban J connectivity index is 1.55. The maximum Gasteiger partial charge on any atom is 0.292 e. The zero-order valence-corrected chi connectivity index (χ0v) is 16.7. The second kappa shape index (κ2) is 7.50. The summed E-state index contributed by atoms with van der Waals surface area (Å²) in [5.74, 6) is -0.479. The zero-order chi connectivity index (χ0) is 21.4. The maximum absolute atomic E-state index is 12.8. The number of nitrogens with one attached hydrogen (secondary N) is 1. The largest absolute Gasteiger partial charge is 0.292 e. The highest BCUT2D eigenvalue weighted by molar-refractivity contribution is 6.13. The molecule has 1 amide bonds. The monoisotopic (exact) mass is 406 g/mol. The lowest BCUT2D eigenvalue weighted by Gasteiger charge is -2.08. The van der Waals surface area contributed by atoms with Crippen molar-refractivity contribution in [3.8, 4) is 0 Å². The van der Waals surface area contributed by atoms with Crippen LogP contribution in [0.4, 0.5) is 0 Å². The van der Waals surface area contributed by atoms with Crippen molar-refractivity contribution >= 4 is 44.4 Å². The molecular formula is C25H18N4O2. The number of hydrogen-bond acceptors (Lipinski definition) is 4. The maximum atomic E-state index is 12.8. The second-order valence-electron chi connectivity index (χ2n) is 7.25. The molecule has 6 heteroatoms. The summed E-state index contributed by atoms with van der Waals surface area (Å²) < 4.78 is 1.17. The van der Waals surface area contributed by atoms with Gasteiger partial charge in [-0.15, -0.1) is 0 Å². The van der Waals surface area contributed by atoms with E-state index in [1.54, 1.807) is 30.5 Å². The number of hydrogen-bond donors (Lipinski definition) is 1. The first-order chi connectivity index (χ1) is 15.1. The van der Waals surface area contributed by atoms with Crippen LogP contribution in [-0.2, 0) is 7.05 Å².